The van der Waals surface area contributed by atoms with Crippen molar-refractivity contribution in [3.63, 3.8) is 0 Å². The Morgan fingerprint density at radius 1 is 1.33 bits per heavy atom. The van der Waals surface area contributed by atoms with Crippen LogP contribution in [-0.4, -0.2) is 27.1 Å². The Balaban J connectivity index is 1.89. The normalized spacial score (nSPS) is 16.4. The van der Waals surface area contributed by atoms with Gasteiger partial charge < -0.3 is 15.0 Å². The number of aromatic nitrogens is 1. The van der Waals surface area contributed by atoms with Gasteiger partial charge in [0.2, 0.25) is 0 Å². The molecule has 0 unspecified atom stereocenters. The molecule has 5 nitrogen and oxygen atoms in total. The predicted octanol–water partition coefficient (Wildman–Crippen LogP) is 2.31. The monoisotopic (exact) mass is 286 g/mol. The van der Waals surface area contributed by atoms with E-state index < -0.39 is 11.5 Å². The van der Waals surface area contributed by atoms with Gasteiger partial charge >= 0.3 is 5.97 Å². The van der Waals surface area contributed by atoms with Crippen LogP contribution < -0.4 is 5.32 Å². The van der Waals surface area contributed by atoms with Crippen molar-refractivity contribution in [3.05, 3.63) is 36.0 Å². The number of amides is 1. The number of hydrogen-bond donors (Lipinski definition) is 2. The molecule has 2 aromatic rings. The van der Waals surface area contributed by atoms with Gasteiger partial charge in [-0.3, -0.25) is 9.59 Å². The first-order valence-corrected chi connectivity index (χ1v) is 7.09. The average molecular weight is 286 g/mol. The number of carboxylic acid groups (broad SMARTS) is 1. The first kappa shape index (κ1) is 13.7. The highest BCUT2D eigenvalue weighted by Gasteiger charge is 2.40. The zero-order valence-corrected chi connectivity index (χ0v) is 11.9. The lowest BCUT2D eigenvalue weighted by molar-refractivity contribution is -0.139. The zero-order valence-electron chi connectivity index (χ0n) is 11.9. The Bertz CT molecular complexity index is 713. The number of nitrogens with one attached hydrogen (secondary N) is 1. The maximum atomic E-state index is 12.5. The first-order valence-electron chi connectivity index (χ1n) is 7.09. The SMILES string of the molecule is Cn1cc(C(=O)NC2(CC(=O)O)CCC2)c2ccccc21. The average Bonchev–Trinajstić information content (AvgIpc) is 2.74. The maximum absolute atomic E-state index is 12.5. The Labute approximate surface area is 122 Å². The van der Waals surface area contributed by atoms with E-state index in [1.807, 2.05) is 35.9 Å². The Kier molecular flexibility index (Phi) is 3.20. The molecule has 5 heteroatoms. The molecule has 1 saturated carbocycles. The van der Waals surface area contributed by atoms with E-state index in [4.69, 9.17) is 5.11 Å². The van der Waals surface area contributed by atoms with Gasteiger partial charge in [-0.2, -0.15) is 0 Å². The van der Waals surface area contributed by atoms with Crippen molar-refractivity contribution in [2.45, 2.75) is 31.2 Å². The van der Waals surface area contributed by atoms with Crippen molar-refractivity contribution >= 4 is 22.8 Å². The molecule has 1 amide bonds. The van der Waals surface area contributed by atoms with Crippen molar-refractivity contribution in [1.29, 1.82) is 0 Å². The fourth-order valence-electron chi connectivity index (χ4n) is 3.07. The number of benzene rings is 1. The molecule has 0 spiro atoms. The van der Waals surface area contributed by atoms with Crippen LogP contribution in [0.15, 0.2) is 30.5 Å². The van der Waals surface area contributed by atoms with Crippen LogP contribution in [0.3, 0.4) is 0 Å². The number of hydrogen-bond acceptors (Lipinski definition) is 2. The van der Waals surface area contributed by atoms with Crippen LogP contribution in [0, 0.1) is 0 Å². The van der Waals surface area contributed by atoms with Crippen molar-refractivity contribution in [1.82, 2.24) is 9.88 Å². The third kappa shape index (κ3) is 2.39. The Hall–Kier alpha value is -2.30. The van der Waals surface area contributed by atoms with Gasteiger partial charge in [0, 0.05) is 24.1 Å². The minimum absolute atomic E-state index is 0.0104. The van der Waals surface area contributed by atoms with E-state index in [0.717, 1.165) is 30.2 Å². The van der Waals surface area contributed by atoms with Gasteiger partial charge in [0.15, 0.2) is 0 Å². The predicted molar refractivity (Wildman–Crippen MR) is 79.2 cm³/mol. The number of para-hydroxylation sites is 1. The van der Waals surface area contributed by atoms with Crippen LogP contribution in [0.5, 0.6) is 0 Å². The van der Waals surface area contributed by atoms with Crippen LogP contribution in [0.25, 0.3) is 10.9 Å². The molecule has 110 valence electrons. The van der Waals surface area contributed by atoms with E-state index in [9.17, 15) is 9.59 Å². The van der Waals surface area contributed by atoms with Crippen molar-refractivity contribution in [2.24, 2.45) is 7.05 Å². The van der Waals surface area contributed by atoms with Gasteiger partial charge in [-0.1, -0.05) is 18.2 Å². The van der Waals surface area contributed by atoms with Gasteiger partial charge in [0.05, 0.1) is 17.5 Å². The van der Waals surface area contributed by atoms with Crippen LogP contribution >= 0.6 is 0 Å². The first-order chi connectivity index (χ1) is 10.0. The number of carbonyl (C=O) groups excluding carboxylic acids is 1. The molecule has 1 aromatic carbocycles. The highest BCUT2D eigenvalue weighted by atomic mass is 16.4. The van der Waals surface area contributed by atoms with Gasteiger partial charge in [-0.05, 0) is 25.3 Å². The van der Waals surface area contributed by atoms with Crippen LogP contribution in [-0.2, 0) is 11.8 Å². The third-order valence-electron chi connectivity index (χ3n) is 4.32. The lowest BCUT2D eigenvalue weighted by atomic mass is 9.74. The minimum atomic E-state index is -0.868. The molecule has 0 saturated heterocycles. The van der Waals surface area contributed by atoms with Crippen LogP contribution in [0.2, 0.25) is 0 Å². The minimum Gasteiger partial charge on any atom is -0.481 e. The largest absolute Gasteiger partial charge is 0.481 e. The molecule has 2 N–H and O–H groups in total. The van der Waals surface area contributed by atoms with E-state index in [1.165, 1.54) is 0 Å². The van der Waals surface area contributed by atoms with Crippen molar-refractivity contribution in [2.75, 3.05) is 0 Å². The highest BCUT2D eigenvalue weighted by molar-refractivity contribution is 6.07. The highest BCUT2D eigenvalue weighted by Crippen LogP contribution is 2.35. The van der Waals surface area contributed by atoms with E-state index >= 15 is 0 Å². The summed E-state index contributed by atoms with van der Waals surface area (Å²) in [6.07, 6.45) is 4.21. The number of aryl methyl sites for hydroxylation is 1. The zero-order chi connectivity index (χ0) is 15.0. The summed E-state index contributed by atoms with van der Waals surface area (Å²) in [6.45, 7) is 0. The van der Waals surface area contributed by atoms with Crippen LogP contribution in [0.4, 0.5) is 0 Å². The number of carbonyl (C=O) groups is 2. The number of rotatable bonds is 4. The standard InChI is InChI=1S/C16H18N2O3/c1-18-10-12(11-5-2-3-6-13(11)18)15(21)17-16(7-4-8-16)9-14(19)20/h2-3,5-6,10H,4,7-9H2,1H3,(H,17,21)(H,19,20). The molecular weight excluding hydrogens is 268 g/mol. The molecule has 1 aliphatic carbocycles. The van der Waals surface area contributed by atoms with E-state index in [0.29, 0.717) is 5.56 Å². The summed E-state index contributed by atoms with van der Waals surface area (Å²) in [5.74, 6) is -1.05. The summed E-state index contributed by atoms with van der Waals surface area (Å²) in [5, 5.41) is 12.9. The van der Waals surface area contributed by atoms with E-state index in [1.54, 1.807) is 6.20 Å². The number of fused-ring (bicyclic) bond motifs is 1. The molecule has 1 heterocycles. The topological polar surface area (TPSA) is 71.3 Å². The quantitative estimate of drug-likeness (QED) is 0.906. The molecule has 0 bridgehead atoms. The van der Waals surface area contributed by atoms with E-state index in [2.05, 4.69) is 5.32 Å². The van der Waals surface area contributed by atoms with Crippen molar-refractivity contribution in [3.8, 4) is 0 Å². The summed E-state index contributed by atoms with van der Waals surface area (Å²) in [6, 6.07) is 7.70. The molecule has 0 aliphatic heterocycles. The molecule has 0 atom stereocenters. The smallest absolute Gasteiger partial charge is 0.305 e. The fraction of sp³-hybridized carbons (Fsp3) is 0.375. The lowest BCUT2D eigenvalue weighted by Crippen LogP contribution is -2.54. The second-order valence-electron chi connectivity index (χ2n) is 5.83. The molecule has 0 radical (unpaired) electrons. The molecule has 1 fully saturated rings. The molecule has 3 rings (SSSR count). The number of carboxylic acids is 1. The summed E-state index contributed by atoms with van der Waals surface area (Å²) < 4.78 is 1.91. The van der Waals surface area contributed by atoms with Crippen LogP contribution in [0.1, 0.15) is 36.0 Å². The second-order valence-corrected chi connectivity index (χ2v) is 5.83. The maximum Gasteiger partial charge on any atom is 0.305 e. The van der Waals surface area contributed by atoms with Gasteiger partial charge in [0.1, 0.15) is 0 Å². The molecule has 1 aliphatic rings. The Morgan fingerprint density at radius 2 is 2.05 bits per heavy atom. The van der Waals surface area contributed by atoms with Gasteiger partial charge in [-0.15, -0.1) is 0 Å². The summed E-state index contributed by atoms with van der Waals surface area (Å²) in [7, 11) is 1.90. The molecule has 1 aromatic heterocycles. The third-order valence-corrected chi connectivity index (χ3v) is 4.32. The summed E-state index contributed by atoms with van der Waals surface area (Å²) in [4.78, 5) is 23.5. The number of aliphatic carboxylic acids is 1. The van der Waals surface area contributed by atoms with Gasteiger partial charge in [-0.25, -0.2) is 0 Å². The van der Waals surface area contributed by atoms with E-state index in [-0.39, 0.29) is 12.3 Å². The summed E-state index contributed by atoms with van der Waals surface area (Å²) >= 11 is 0. The Morgan fingerprint density at radius 3 is 2.67 bits per heavy atom. The fourth-order valence-corrected chi connectivity index (χ4v) is 3.07. The van der Waals surface area contributed by atoms with Crippen molar-refractivity contribution < 1.29 is 14.7 Å². The van der Waals surface area contributed by atoms with Gasteiger partial charge in [0.25, 0.3) is 5.91 Å². The lowest BCUT2D eigenvalue weighted by Gasteiger charge is -2.41. The summed E-state index contributed by atoms with van der Waals surface area (Å²) in [5.41, 5.74) is 1.02. The molecular formula is C16H18N2O3. The number of nitrogens with zero attached hydrogens (tertiary/aromatic N) is 1. The molecule has 21 heavy (non-hydrogen) atoms. The second kappa shape index (κ2) is 4.91.